The van der Waals surface area contributed by atoms with Gasteiger partial charge in [0.05, 0.1) is 21.3 Å². The normalized spacial score (nSPS) is 11.9. The van der Waals surface area contributed by atoms with E-state index in [1.807, 2.05) is 0 Å². The number of nitrogens with one attached hydrogen (secondary N) is 1. The third kappa shape index (κ3) is 3.41. The van der Waals surface area contributed by atoms with Crippen molar-refractivity contribution in [3.8, 4) is 27.4 Å². The Morgan fingerprint density at radius 2 is 1.24 bits per heavy atom. The SMILES string of the molecule is c1ccc(-c2nc3ccc4c5cc(-c6ccc7[nH]c8ccccc8c7c6)ccc5n(-c5ccccc5)c4c3s2)cc1. The summed E-state index contributed by atoms with van der Waals surface area (Å²) in [6.45, 7) is 0. The van der Waals surface area contributed by atoms with Crippen molar-refractivity contribution in [2.24, 2.45) is 0 Å². The van der Waals surface area contributed by atoms with E-state index in [2.05, 4.69) is 143 Å². The summed E-state index contributed by atoms with van der Waals surface area (Å²) in [6.07, 6.45) is 0. The molecule has 0 atom stereocenters. The Morgan fingerprint density at radius 1 is 0.537 bits per heavy atom. The number of fused-ring (bicyclic) bond motifs is 8. The molecule has 0 aliphatic heterocycles. The van der Waals surface area contributed by atoms with Gasteiger partial charge in [0.25, 0.3) is 0 Å². The summed E-state index contributed by atoms with van der Waals surface area (Å²) in [4.78, 5) is 8.61. The molecule has 9 rings (SSSR count). The first-order valence-corrected chi connectivity index (χ1v) is 14.6. The molecule has 9 aromatic rings. The Kier molecular flexibility index (Phi) is 4.77. The van der Waals surface area contributed by atoms with Crippen molar-refractivity contribution in [1.82, 2.24) is 14.5 Å². The molecule has 0 aliphatic rings. The van der Waals surface area contributed by atoms with Gasteiger partial charge in [0, 0.05) is 43.8 Å². The zero-order valence-corrected chi connectivity index (χ0v) is 22.8. The molecule has 0 saturated carbocycles. The van der Waals surface area contributed by atoms with Crippen LogP contribution in [0, 0.1) is 0 Å². The smallest absolute Gasteiger partial charge is 0.124 e. The molecule has 0 fully saturated rings. The van der Waals surface area contributed by atoms with Gasteiger partial charge in [-0.2, -0.15) is 0 Å². The molecular weight excluding hydrogens is 518 g/mol. The Bertz CT molecular complexity index is 2410. The number of aromatic amines is 1. The van der Waals surface area contributed by atoms with Gasteiger partial charge >= 0.3 is 0 Å². The van der Waals surface area contributed by atoms with Crippen LogP contribution in [0.5, 0.6) is 0 Å². The third-order valence-corrected chi connectivity index (χ3v) is 9.28. The third-order valence-electron chi connectivity index (χ3n) is 8.16. The molecule has 0 aliphatic carbocycles. The second-order valence-electron chi connectivity index (χ2n) is 10.5. The lowest BCUT2D eigenvalue weighted by molar-refractivity contribution is 1.19. The van der Waals surface area contributed by atoms with E-state index >= 15 is 0 Å². The van der Waals surface area contributed by atoms with Crippen LogP contribution in [0.1, 0.15) is 0 Å². The number of hydrogen-bond acceptors (Lipinski definition) is 2. The quantitative estimate of drug-likeness (QED) is 0.237. The molecule has 6 aromatic carbocycles. The van der Waals surface area contributed by atoms with E-state index in [0.29, 0.717) is 0 Å². The summed E-state index contributed by atoms with van der Waals surface area (Å²) in [6, 6.07) is 47.8. The second-order valence-corrected chi connectivity index (χ2v) is 11.5. The Labute approximate surface area is 239 Å². The van der Waals surface area contributed by atoms with Crippen molar-refractivity contribution in [2.75, 3.05) is 0 Å². The lowest BCUT2D eigenvalue weighted by Gasteiger charge is -2.08. The summed E-state index contributed by atoms with van der Waals surface area (Å²) in [5.41, 5.74) is 10.5. The first kappa shape index (κ1) is 22.6. The van der Waals surface area contributed by atoms with Gasteiger partial charge in [-0.15, -0.1) is 11.3 Å². The van der Waals surface area contributed by atoms with E-state index in [-0.39, 0.29) is 0 Å². The largest absolute Gasteiger partial charge is 0.355 e. The minimum atomic E-state index is 1.03. The van der Waals surface area contributed by atoms with Crippen molar-refractivity contribution in [3.05, 3.63) is 133 Å². The lowest BCUT2D eigenvalue weighted by Crippen LogP contribution is -1.93. The molecule has 0 saturated heterocycles. The molecule has 41 heavy (non-hydrogen) atoms. The average Bonchev–Trinajstić information content (AvgIpc) is 3.73. The van der Waals surface area contributed by atoms with Gasteiger partial charge in [0.15, 0.2) is 0 Å². The summed E-state index contributed by atoms with van der Waals surface area (Å²) >= 11 is 1.77. The van der Waals surface area contributed by atoms with E-state index in [9.17, 15) is 0 Å². The zero-order valence-electron chi connectivity index (χ0n) is 22.0. The molecule has 0 spiro atoms. The van der Waals surface area contributed by atoms with Crippen LogP contribution >= 0.6 is 11.3 Å². The number of nitrogens with zero attached hydrogens (tertiary/aromatic N) is 2. The first-order valence-electron chi connectivity index (χ1n) is 13.8. The van der Waals surface area contributed by atoms with Gasteiger partial charge in [0.2, 0.25) is 0 Å². The van der Waals surface area contributed by atoms with Crippen molar-refractivity contribution in [3.63, 3.8) is 0 Å². The molecule has 3 nitrogen and oxygen atoms in total. The monoisotopic (exact) mass is 541 g/mol. The predicted molar refractivity (Wildman–Crippen MR) is 174 cm³/mol. The average molecular weight is 542 g/mol. The molecular formula is C37H23N3S. The molecule has 0 bridgehead atoms. The van der Waals surface area contributed by atoms with E-state index < -0.39 is 0 Å². The summed E-state index contributed by atoms with van der Waals surface area (Å²) in [7, 11) is 0. The summed E-state index contributed by atoms with van der Waals surface area (Å²) < 4.78 is 3.62. The minimum Gasteiger partial charge on any atom is -0.355 e. The van der Waals surface area contributed by atoms with E-state index in [0.717, 1.165) is 21.8 Å². The van der Waals surface area contributed by atoms with Gasteiger partial charge in [-0.05, 0) is 65.7 Å². The van der Waals surface area contributed by atoms with Crippen molar-refractivity contribution in [2.45, 2.75) is 0 Å². The van der Waals surface area contributed by atoms with Crippen molar-refractivity contribution in [1.29, 1.82) is 0 Å². The highest BCUT2D eigenvalue weighted by molar-refractivity contribution is 7.22. The highest BCUT2D eigenvalue weighted by Gasteiger charge is 2.19. The predicted octanol–water partition coefficient (Wildman–Crippen LogP) is 10.4. The van der Waals surface area contributed by atoms with Crippen LogP contribution in [0.4, 0.5) is 0 Å². The maximum atomic E-state index is 5.05. The summed E-state index contributed by atoms with van der Waals surface area (Å²) in [5, 5.41) is 6.05. The lowest BCUT2D eigenvalue weighted by atomic mass is 10.0. The van der Waals surface area contributed by atoms with Gasteiger partial charge in [-0.1, -0.05) is 78.9 Å². The number of rotatable bonds is 3. The Morgan fingerprint density at radius 3 is 2.10 bits per heavy atom. The fraction of sp³-hybridized carbons (Fsp3) is 0. The van der Waals surface area contributed by atoms with Crippen LogP contribution in [-0.2, 0) is 0 Å². The van der Waals surface area contributed by atoms with Crippen LogP contribution in [0.25, 0.3) is 81.2 Å². The van der Waals surface area contributed by atoms with Crippen LogP contribution < -0.4 is 0 Å². The molecule has 4 heteroatoms. The Balaban J connectivity index is 1.32. The highest BCUT2D eigenvalue weighted by Crippen LogP contribution is 2.42. The van der Waals surface area contributed by atoms with Crippen LogP contribution in [0.15, 0.2) is 133 Å². The van der Waals surface area contributed by atoms with Gasteiger partial charge in [-0.25, -0.2) is 4.98 Å². The van der Waals surface area contributed by atoms with Crippen LogP contribution in [0.2, 0.25) is 0 Å². The number of benzene rings is 6. The zero-order chi connectivity index (χ0) is 26.9. The number of H-pyrrole nitrogens is 1. The van der Waals surface area contributed by atoms with Crippen LogP contribution in [-0.4, -0.2) is 14.5 Å². The fourth-order valence-corrected chi connectivity index (χ4v) is 7.35. The molecule has 1 N–H and O–H groups in total. The fourth-order valence-electron chi connectivity index (χ4n) is 6.24. The van der Waals surface area contributed by atoms with Gasteiger partial charge < -0.3 is 9.55 Å². The number of thiazole rings is 1. The number of para-hydroxylation sites is 2. The topological polar surface area (TPSA) is 33.6 Å². The number of aromatic nitrogens is 3. The molecule has 0 radical (unpaired) electrons. The first-order chi connectivity index (χ1) is 20.3. The molecule has 192 valence electrons. The Hall–Kier alpha value is -5.19. The van der Waals surface area contributed by atoms with E-state index in [1.165, 1.54) is 59.4 Å². The molecule has 3 heterocycles. The summed E-state index contributed by atoms with van der Waals surface area (Å²) in [5.74, 6) is 0. The maximum absolute atomic E-state index is 5.05. The van der Waals surface area contributed by atoms with Gasteiger partial charge in [0.1, 0.15) is 5.01 Å². The number of hydrogen-bond donors (Lipinski definition) is 1. The highest BCUT2D eigenvalue weighted by atomic mass is 32.1. The van der Waals surface area contributed by atoms with Gasteiger partial charge in [-0.3, -0.25) is 0 Å². The second kappa shape index (κ2) is 8.65. The van der Waals surface area contributed by atoms with Crippen molar-refractivity contribution < 1.29 is 0 Å². The molecule has 0 unspecified atom stereocenters. The molecule has 3 aromatic heterocycles. The maximum Gasteiger partial charge on any atom is 0.124 e. The molecule has 0 amide bonds. The van der Waals surface area contributed by atoms with Crippen LogP contribution in [0.3, 0.4) is 0 Å². The van der Waals surface area contributed by atoms with E-state index in [4.69, 9.17) is 4.98 Å². The van der Waals surface area contributed by atoms with Crippen molar-refractivity contribution >= 4 is 65.2 Å². The minimum absolute atomic E-state index is 1.03. The van der Waals surface area contributed by atoms with E-state index in [1.54, 1.807) is 11.3 Å². The standard InChI is InChI=1S/C37H23N3S/c1-3-9-23(10-4-1)37-39-33-19-17-28-30-22-25(24-15-18-32-29(21-24)27-13-7-8-14-31(27)38-32)16-20-34(30)40(35(28)36(33)41-37)26-11-5-2-6-12-26/h1-22,38H.